The highest BCUT2D eigenvalue weighted by Gasteiger charge is 2.18. The minimum atomic E-state index is 1.10. The minimum Gasteiger partial charge on any atom is -0.310 e. The molecule has 0 radical (unpaired) electrons. The third kappa shape index (κ3) is 6.24. The summed E-state index contributed by atoms with van der Waals surface area (Å²) in [5.41, 5.74) is 13.0. The Morgan fingerprint density at radius 3 is 1.68 bits per heavy atom. The number of nitrogens with zero attached hydrogens (tertiary/aromatic N) is 1. The Bertz CT molecular complexity index is 3640. The summed E-state index contributed by atoms with van der Waals surface area (Å²) in [6, 6.07) is 86.7. The fourth-order valence-corrected chi connectivity index (χ4v) is 10.7. The van der Waals surface area contributed by atoms with Crippen LogP contribution in [-0.2, 0) is 0 Å². The average Bonchev–Trinajstić information content (AvgIpc) is 3.73. The Kier molecular flexibility index (Phi) is 8.76. The Hall–Kier alpha value is -7.78. The van der Waals surface area contributed by atoms with Crippen LogP contribution in [0.1, 0.15) is 0 Å². The zero-order chi connectivity index (χ0) is 41.0. The summed E-state index contributed by atoms with van der Waals surface area (Å²) < 4.78 is 2.65. The van der Waals surface area contributed by atoms with Gasteiger partial charge in [0.25, 0.3) is 0 Å². The first-order valence-corrected chi connectivity index (χ1v) is 22.1. The van der Waals surface area contributed by atoms with Crippen LogP contribution in [0.3, 0.4) is 0 Å². The molecule has 1 heterocycles. The van der Waals surface area contributed by atoms with Crippen molar-refractivity contribution in [1.29, 1.82) is 0 Å². The summed E-state index contributed by atoms with van der Waals surface area (Å²) in [6.45, 7) is 0. The van der Waals surface area contributed by atoms with Crippen molar-refractivity contribution in [3.63, 3.8) is 0 Å². The molecule has 0 aliphatic rings. The molecule has 11 aromatic carbocycles. The fraction of sp³-hybridized carbons (Fsp3) is 0. The van der Waals surface area contributed by atoms with Crippen molar-refractivity contribution in [2.45, 2.75) is 0 Å². The van der Waals surface area contributed by atoms with E-state index in [0.29, 0.717) is 0 Å². The second-order valence-electron chi connectivity index (χ2n) is 16.1. The maximum atomic E-state index is 2.41. The molecule has 0 aliphatic heterocycles. The summed E-state index contributed by atoms with van der Waals surface area (Å²) in [5.74, 6) is 0. The summed E-state index contributed by atoms with van der Waals surface area (Å²) in [5, 5.41) is 10.1. The second kappa shape index (κ2) is 15.0. The van der Waals surface area contributed by atoms with Gasteiger partial charge in [-0.3, -0.25) is 0 Å². The van der Waals surface area contributed by atoms with Gasteiger partial charge >= 0.3 is 0 Å². The lowest BCUT2D eigenvalue weighted by Gasteiger charge is -2.27. The van der Waals surface area contributed by atoms with E-state index in [-0.39, 0.29) is 0 Å². The maximum Gasteiger partial charge on any atom is 0.0468 e. The molecular formula is C60H39NS. The van der Waals surface area contributed by atoms with Crippen LogP contribution in [0.5, 0.6) is 0 Å². The summed E-state index contributed by atoms with van der Waals surface area (Å²) in [4.78, 5) is 2.41. The molecule has 0 saturated heterocycles. The van der Waals surface area contributed by atoms with E-state index < -0.39 is 0 Å². The third-order valence-electron chi connectivity index (χ3n) is 12.4. The SMILES string of the molecule is c1ccc(-c2c(-c3ccc(N(c4cccc(-c5cccc(-c6cccc7c6sc6ccccc67)c5)c4)c4ccc5ccc6ccccc6c5c4)cc3)ccc3ccccc23)cc1. The van der Waals surface area contributed by atoms with Crippen molar-refractivity contribution in [2.75, 3.05) is 4.90 Å². The largest absolute Gasteiger partial charge is 0.310 e. The standard InChI is InChI=1S/C60H39NS/c1-2-15-44(16-3-1)59-52-22-7-5-14-41(52)32-36-53(59)42-29-33-48(34-30-42)61(50-35-31-43-28-27-40-13-4-6-21-51(40)57(43)39-50)49-20-11-18-46(38-49)45-17-10-19-47(37-45)54-24-12-25-56-55-23-8-9-26-58(55)62-60(54)56/h1-39H. The monoisotopic (exact) mass is 805 g/mol. The maximum absolute atomic E-state index is 2.41. The molecule has 0 saturated carbocycles. The molecule has 0 aliphatic carbocycles. The molecule has 1 aromatic heterocycles. The van der Waals surface area contributed by atoms with Crippen molar-refractivity contribution >= 4 is 80.9 Å². The molecule has 290 valence electrons. The van der Waals surface area contributed by atoms with Crippen LogP contribution in [-0.4, -0.2) is 0 Å². The van der Waals surface area contributed by atoms with E-state index in [4.69, 9.17) is 0 Å². The highest BCUT2D eigenvalue weighted by molar-refractivity contribution is 7.26. The molecule has 0 amide bonds. The predicted octanol–water partition coefficient (Wildman–Crippen LogP) is 17.7. The van der Waals surface area contributed by atoms with E-state index >= 15 is 0 Å². The molecule has 12 aromatic rings. The zero-order valence-electron chi connectivity index (χ0n) is 33.9. The molecule has 12 rings (SSSR count). The van der Waals surface area contributed by atoms with Gasteiger partial charge in [-0.25, -0.2) is 0 Å². The molecule has 1 nitrogen and oxygen atoms in total. The van der Waals surface area contributed by atoms with Crippen LogP contribution in [0.2, 0.25) is 0 Å². The van der Waals surface area contributed by atoms with Crippen molar-refractivity contribution in [3.8, 4) is 44.5 Å². The van der Waals surface area contributed by atoms with Crippen LogP contribution < -0.4 is 4.90 Å². The Balaban J connectivity index is 0.994. The van der Waals surface area contributed by atoms with Crippen LogP contribution >= 0.6 is 11.3 Å². The highest BCUT2D eigenvalue weighted by Crippen LogP contribution is 2.44. The quantitative estimate of drug-likeness (QED) is 0.145. The van der Waals surface area contributed by atoms with Gasteiger partial charge in [-0.1, -0.05) is 188 Å². The van der Waals surface area contributed by atoms with Gasteiger partial charge in [-0.15, -0.1) is 11.3 Å². The van der Waals surface area contributed by atoms with E-state index in [9.17, 15) is 0 Å². The van der Waals surface area contributed by atoms with Crippen LogP contribution in [0.4, 0.5) is 17.1 Å². The molecule has 2 heteroatoms. The van der Waals surface area contributed by atoms with Gasteiger partial charge in [0.2, 0.25) is 0 Å². The van der Waals surface area contributed by atoms with Crippen LogP contribution in [0.25, 0.3) is 97.0 Å². The number of anilines is 3. The fourth-order valence-electron chi connectivity index (χ4n) is 9.46. The van der Waals surface area contributed by atoms with E-state index in [1.165, 1.54) is 97.0 Å². The van der Waals surface area contributed by atoms with E-state index in [1.807, 2.05) is 11.3 Å². The van der Waals surface area contributed by atoms with Gasteiger partial charge in [-0.05, 0) is 125 Å². The molecular weight excluding hydrogens is 767 g/mol. The molecule has 0 bridgehead atoms. The lowest BCUT2D eigenvalue weighted by Crippen LogP contribution is -2.10. The number of thiophene rings is 1. The number of hydrogen-bond donors (Lipinski definition) is 0. The van der Waals surface area contributed by atoms with Gasteiger partial charge < -0.3 is 4.90 Å². The molecule has 0 unspecified atom stereocenters. The van der Waals surface area contributed by atoms with E-state index in [2.05, 4.69) is 241 Å². The normalized spacial score (nSPS) is 11.5. The molecule has 0 atom stereocenters. The predicted molar refractivity (Wildman–Crippen MR) is 268 cm³/mol. The Morgan fingerprint density at radius 2 is 0.839 bits per heavy atom. The summed E-state index contributed by atoms with van der Waals surface area (Å²) in [7, 11) is 0. The molecule has 0 N–H and O–H groups in total. The van der Waals surface area contributed by atoms with Gasteiger partial charge in [0.15, 0.2) is 0 Å². The Labute approximate surface area is 365 Å². The first kappa shape index (κ1) is 36.1. The minimum absolute atomic E-state index is 1.10. The topological polar surface area (TPSA) is 3.24 Å². The van der Waals surface area contributed by atoms with E-state index in [0.717, 1.165) is 17.1 Å². The average molecular weight is 806 g/mol. The first-order chi connectivity index (χ1) is 30.7. The van der Waals surface area contributed by atoms with Gasteiger partial charge in [0.1, 0.15) is 0 Å². The second-order valence-corrected chi connectivity index (χ2v) is 17.1. The van der Waals surface area contributed by atoms with Crippen molar-refractivity contribution < 1.29 is 0 Å². The number of hydrogen-bond acceptors (Lipinski definition) is 2. The lowest BCUT2D eigenvalue weighted by atomic mass is 9.90. The molecule has 0 fully saturated rings. The lowest BCUT2D eigenvalue weighted by molar-refractivity contribution is 1.29. The van der Waals surface area contributed by atoms with Crippen LogP contribution in [0.15, 0.2) is 237 Å². The van der Waals surface area contributed by atoms with Gasteiger partial charge in [-0.2, -0.15) is 0 Å². The van der Waals surface area contributed by atoms with Crippen molar-refractivity contribution in [3.05, 3.63) is 237 Å². The summed E-state index contributed by atoms with van der Waals surface area (Å²) in [6.07, 6.45) is 0. The number of rotatable bonds is 7. The van der Waals surface area contributed by atoms with Gasteiger partial charge in [0, 0.05) is 37.2 Å². The third-order valence-corrected chi connectivity index (χ3v) is 13.7. The molecule has 62 heavy (non-hydrogen) atoms. The number of benzene rings is 11. The van der Waals surface area contributed by atoms with Crippen molar-refractivity contribution in [2.24, 2.45) is 0 Å². The molecule has 0 spiro atoms. The van der Waals surface area contributed by atoms with Gasteiger partial charge in [0.05, 0.1) is 0 Å². The smallest absolute Gasteiger partial charge is 0.0468 e. The number of fused-ring (bicyclic) bond motifs is 7. The zero-order valence-corrected chi connectivity index (χ0v) is 34.7. The first-order valence-electron chi connectivity index (χ1n) is 21.2. The summed E-state index contributed by atoms with van der Waals surface area (Å²) >= 11 is 1.88. The van der Waals surface area contributed by atoms with Crippen molar-refractivity contribution in [1.82, 2.24) is 0 Å². The van der Waals surface area contributed by atoms with E-state index in [1.54, 1.807) is 0 Å². The Morgan fingerprint density at radius 1 is 0.274 bits per heavy atom. The highest BCUT2D eigenvalue weighted by atomic mass is 32.1. The van der Waals surface area contributed by atoms with Crippen LogP contribution in [0, 0.1) is 0 Å².